The van der Waals surface area contributed by atoms with E-state index in [0.29, 0.717) is 48.7 Å². The second kappa shape index (κ2) is 11.5. The summed E-state index contributed by atoms with van der Waals surface area (Å²) in [6.45, 7) is 3.07. The second-order valence-corrected chi connectivity index (χ2v) is 12.9. The zero-order chi connectivity index (χ0) is 31.1. The normalized spacial score (nSPS) is 16.8. The van der Waals surface area contributed by atoms with Crippen molar-refractivity contribution in [2.45, 2.75) is 50.3 Å². The number of alkyl halides is 3. The summed E-state index contributed by atoms with van der Waals surface area (Å²) in [5.74, 6) is 6.96. The van der Waals surface area contributed by atoms with Gasteiger partial charge in [0.1, 0.15) is 11.6 Å². The molecule has 1 aliphatic heterocycles. The van der Waals surface area contributed by atoms with E-state index < -0.39 is 27.7 Å². The molecule has 5 heterocycles. The third-order valence-corrected chi connectivity index (χ3v) is 9.60. The van der Waals surface area contributed by atoms with Crippen molar-refractivity contribution in [1.29, 1.82) is 0 Å². The Bertz CT molecular complexity index is 1830. The minimum atomic E-state index is -4.64. The Morgan fingerprint density at radius 2 is 1.80 bits per heavy atom. The Balaban J connectivity index is 1.26. The van der Waals surface area contributed by atoms with Crippen LogP contribution < -0.4 is 10.2 Å². The molecular weight excluding hydrogens is 599 g/mol. The fraction of sp³-hybridized carbons (Fsp3) is 0.393. The number of aromatic nitrogens is 7. The molecule has 0 amide bonds. The Kier molecular flexibility index (Phi) is 7.76. The molecule has 0 bridgehead atoms. The van der Waals surface area contributed by atoms with E-state index in [1.807, 2.05) is 0 Å². The standard InChI is InChI=1S/C28H28F3N9O3S/c1-18(41)20-7-10-38(11-8-20)24-12-26(33-14-21(24)3-2-19-13-34-39(16-19)28(29,30)31)36-25-6-9-32-27(37-25)22-15-35-40(17-22)44(42,43)23-4-5-23/h6,9,12-18,20,23,41H,4-5,7-8,10-11H2,1H3,(H,32,33,36,37). The topological polar surface area (TPSA) is 144 Å². The molecule has 1 saturated heterocycles. The highest BCUT2D eigenvalue weighted by atomic mass is 32.2. The van der Waals surface area contributed by atoms with Gasteiger partial charge in [0.2, 0.25) is 0 Å². The monoisotopic (exact) mass is 627 g/mol. The van der Waals surface area contributed by atoms with Gasteiger partial charge in [-0.2, -0.15) is 19.0 Å². The molecule has 1 aliphatic carbocycles. The number of anilines is 3. The first kappa shape index (κ1) is 29.6. The van der Waals surface area contributed by atoms with Crippen LogP contribution in [0.4, 0.5) is 30.5 Å². The van der Waals surface area contributed by atoms with Crippen LogP contribution >= 0.6 is 0 Å². The summed E-state index contributed by atoms with van der Waals surface area (Å²) < 4.78 is 64.8. The van der Waals surface area contributed by atoms with Gasteiger partial charge in [-0.15, -0.1) is 13.2 Å². The van der Waals surface area contributed by atoms with Crippen molar-refractivity contribution in [3.63, 3.8) is 0 Å². The van der Waals surface area contributed by atoms with Crippen LogP contribution in [0.25, 0.3) is 11.4 Å². The number of piperidine rings is 1. The summed E-state index contributed by atoms with van der Waals surface area (Å²) in [4.78, 5) is 15.3. The fourth-order valence-electron chi connectivity index (χ4n) is 4.94. The van der Waals surface area contributed by atoms with Crippen molar-refractivity contribution in [3.05, 3.63) is 60.4 Å². The van der Waals surface area contributed by atoms with Gasteiger partial charge in [-0.1, -0.05) is 11.8 Å². The van der Waals surface area contributed by atoms with Gasteiger partial charge < -0.3 is 15.3 Å². The van der Waals surface area contributed by atoms with Crippen molar-refractivity contribution in [2.24, 2.45) is 5.92 Å². The van der Waals surface area contributed by atoms with Crippen LogP contribution in [-0.4, -0.2) is 71.9 Å². The van der Waals surface area contributed by atoms with Gasteiger partial charge in [0.25, 0.3) is 10.0 Å². The van der Waals surface area contributed by atoms with Crippen LogP contribution in [0.1, 0.15) is 43.7 Å². The molecule has 16 heteroatoms. The SMILES string of the molecule is CC(O)C1CCN(c2cc(Nc3ccnc(-c4cnn(S(=O)(=O)C5CC5)c4)n3)ncc2C#Cc2cnn(C(F)(F)F)c2)CC1. The average molecular weight is 628 g/mol. The number of aliphatic hydroxyl groups excluding tert-OH is 1. The van der Waals surface area contributed by atoms with Crippen molar-refractivity contribution in [2.75, 3.05) is 23.3 Å². The largest absolute Gasteiger partial charge is 0.504 e. The molecule has 2 fully saturated rings. The number of rotatable bonds is 7. The number of pyridine rings is 1. The summed E-state index contributed by atoms with van der Waals surface area (Å²) in [6, 6.07) is 3.42. The van der Waals surface area contributed by atoms with E-state index >= 15 is 0 Å². The zero-order valence-electron chi connectivity index (χ0n) is 23.5. The molecule has 0 spiro atoms. The minimum Gasteiger partial charge on any atom is -0.393 e. The quantitative estimate of drug-likeness (QED) is 0.292. The number of hydrogen-bond donors (Lipinski definition) is 2. The molecule has 12 nitrogen and oxygen atoms in total. The van der Waals surface area contributed by atoms with Crippen molar-refractivity contribution >= 4 is 27.3 Å². The highest BCUT2D eigenvalue weighted by Gasteiger charge is 2.38. The van der Waals surface area contributed by atoms with Gasteiger partial charge in [0.15, 0.2) is 5.82 Å². The molecule has 6 rings (SSSR count). The van der Waals surface area contributed by atoms with Gasteiger partial charge in [-0.3, -0.25) is 0 Å². The van der Waals surface area contributed by atoms with Crippen LogP contribution in [0, 0.1) is 17.8 Å². The van der Waals surface area contributed by atoms with E-state index in [1.165, 1.54) is 24.8 Å². The Labute approximate surface area is 251 Å². The van der Waals surface area contributed by atoms with Gasteiger partial charge in [0, 0.05) is 37.7 Å². The lowest BCUT2D eigenvalue weighted by Crippen LogP contribution is -2.37. The maximum atomic E-state index is 13.0. The van der Waals surface area contributed by atoms with Crippen molar-refractivity contribution in [1.82, 2.24) is 33.9 Å². The Hall–Kier alpha value is -4.49. The van der Waals surface area contributed by atoms with E-state index in [0.717, 1.165) is 35.0 Å². The van der Waals surface area contributed by atoms with E-state index in [2.05, 4.69) is 47.2 Å². The van der Waals surface area contributed by atoms with Crippen molar-refractivity contribution < 1.29 is 26.7 Å². The zero-order valence-corrected chi connectivity index (χ0v) is 24.3. The summed E-state index contributed by atoms with van der Waals surface area (Å²) in [5.41, 5.74) is 1.78. The number of halogens is 3. The second-order valence-electron chi connectivity index (χ2n) is 10.8. The molecular formula is C28H28F3N9O3S. The summed E-state index contributed by atoms with van der Waals surface area (Å²) in [6.07, 6.45) is 5.42. The first-order valence-corrected chi connectivity index (χ1v) is 15.4. The predicted molar refractivity (Wildman–Crippen MR) is 154 cm³/mol. The molecule has 44 heavy (non-hydrogen) atoms. The predicted octanol–water partition coefficient (Wildman–Crippen LogP) is 3.49. The third kappa shape index (κ3) is 6.38. The smallest absolute Gasteiger partial charge is 0.393 e. The maximum absolute atomic E-state index is 13.0. The summed E-state index contributed by atoms with van der Waals surface area (Å²) in [7, 11) is -3.53. The average Bonchev–Trinajstić information content (AvgIpc) is 3.53. The van der Waals surface area contributed by atoms with Crippen LogP contribution in [0.3, 0.4) is 0 Å². The molecule has 1 unspecified atom stereocenters. The highest BCUT2D eigenvalue weighted by molar-refractivity contribution is 7.90. The van der Waals surface area contributed by atoms with Crippen LogP contribution in [0.2, 0.25) is 0 Å². The number of nitrogens with one attached hydrogen (secondary N) is 1. The first-order chi connectivity index (χ1) is 21.0. The lowest BCUT2D eigenvalue weighted by Gasteiger charge is -2.35. The number of aliphatic hydroxyl groups is 1. The van der Waals surface area contributed by atoms with Gasteiger partial charge >= 0.3 is 6.30 Å². The summed E-state index contributed by atoms with van der Waals surface area (Å²) >= 11 is 0. The Morgan fingerprint density at radius 3 is 2.48 bits per heavy atom. The van der Waals surface area contributed by atoms with E-state index in [9.17, 15) is 26.7 Å². The molecule has 4 aromatic heterocycles. The number of nitrogens with zero attached hydrogens (tertiary/aromatic N) is 8. The molecule has 0 aromatic carbocycles. The maximum Gasteiger partial charge on any atom is 0.504 e. The molecule has 230 valence electrons. The van der Waals surface area contributed by atoms with E-state index in [1.54, 1.807) is 19.1 Å². The fourth-order valence-corrected chi connectivity index (χ4v) is 6.41. The van der Waals surface area contributed by atoms with Gasteiger partial charge in [0.05, 0.1) is 52.3 Å². The van der Waals surface area contributed by atoms with Crippen LogP contribution in [0.15, 0.2) is 49.3 Å². The van der Waals surface area contributed by atoms with E-state index in [4.69, 9.17) is 0 Å². The molecule has 0 radical (unpaired) electrons. The van der Waals surface area contributed by atoms with E-state index in [-0.39, 0.29) is 22.0 Å². The van der Waals surface area contributed by atoms with Gasteiger partial charge in [-0.25, -0.2) is 23.4 Å². The lowest BCUT2D eigenvalue weighted by atomic mass is 9.92. The summed E-state index contributed by atoms with van der Waals surface area (Å²) in [5, 5.41) is 20.1. The highest BCUT2D eigenvalue weighted by Crippen LogP contribution is 2.32. The molecule has 2 aliphatic rings. The minimum absolute atomic E-state index is 0.100. The van der Waals surface area contributed by atoms with Crippen LogP contribution in [-0.2, 0) is 16.3 Å². The lowest BCUT2D eigenvalue weighted by molar-refractivity contribution is -0.212. The molecule has 2 N–H and O–H groups in total. The third-order valence-electron chi connectivity index (χ3n) is 7.56. The Morgan fingerprint density at radius 1 is 1.02 bits per heavy atom. The first-order valence-electron chi connectivity index (χ1n) is 13.9. The molecule has 1 saturated carbocycles. The molecule has 4 aromatic rings. The van der Waals surface area contributed by atoms with Crippen molar-refractivity contribution in [3.8, 4) is 23.2 Å². The van der Waals surface area contributed by atoms with Gasteiger partial charge in [-0.05, 0) is 44.6 Å². The molecule has 1 atom stereocenters. The van der Waals surface area contributed by atoms with Crippen LogP contribution in [0.5, 0.6) is 0 Å². The number of hydrogen-bond acceptors (Lipinski definition) is 10.